The van der Waals surface area contributed by atoms with Crippen molar-refractivity contribution in [2.45, 2.75) is 19.4 Å². The van der Waals surface area contributed by atoms with Crippen LogP contribution in [0.3, 0.4) is 0 Å². The fourth-order valence-electron chi connectivity index (χ4n) is 3.33. The number of Topliss-reactive ketones (excluding diaryl/α,β-unsaturated/α-hetero) is 1. The second-order valence-corrected chi connectivity index (χ2v) is 6.52. The number of fused-ring (bicyclic) bond motifs is 2. The van der Waals surface area contributed by atoms with Gasteiger partial charge in [-0.15, -0.1) is 0 Å². The molecule has 0 saturated carbocycles. The SMILES string of the molecule is CCCOc1ccc2c(c1)O[C@H](c1ccc3c(c1)OCO3)[C@@H](C(=O)OC)C2=O. The Morgan fingerprint density at radius 3 is 2.71 bits per heavy atom. The minimum absolute atomic E-state index is 0.130. The van der Waals surface area contributed by atoms with Crippen LogP contribution in [0.5, 0.6) is 23.0 Å². The lowest BCUT2D eigenvalue weighted by atomic mass is 9.85. The molecule has 0 aromatic heterocycles. The lowest BCUT2D eigenvalue weighted by molar-refractivity contribution is -0.146. The molecule has 0 N–H and O–H groups in total. The zero-order valence-electron chi connectivity index (χ0n) is 15.6. The Hall–Kier alpha value is -3.22. The molecule has 0 spiro atoms. The summed E-state index contributed by atoms with van der Waals surface area (Å²) in [5, 5.41) is 0. The van der Waals surface area contributed by atoms with Crippen LogP contribution in [0, 0.1) is 5.92 Å². The number of benzene rings is 2. The van der Waals surface area contributed by atoms with E-state index in [1.165, 1.54) is 7.11 Å². The van der Waals surface area contributed by atoms with Crippen molar-refractivity contribution in [3.05, 3.63) is 47.5 Å². The van der Waals surface area contributed by atoms with Crippen LogP contribution >= 0.6 is 0 Å². The van der Waals surface area contributed by atoms with Crippen molar-refractivity contribution in [2.75, 3.05) is 20.5 Å². The number of carbonyl (C=O) groups excluding carboxylic acids is 2. The Kier molecular flexibility index (Phi) is 4.81. The first-order valence-electron chi connectivity index (χ1n) is 9.07. The van der Waals surface area contributed by atoms with Gasteiger partial charge in [0.1, 0.15) is 17.6 Å². The lowest BCUT2D eigenvalue weighted by Crippen LogP contribution is -2.37. The number of ketones is 1. The summed E-state index contributed by atoms with van der Waals surface area (Å²) in [6.07, 6.45) is 0.0181. The molecule has 7 nitrogen and oxygen atoms in total. The largest absolute Gasteiger partial charge is 0.493 e. The minimum atomic E-state index is -1.11. The van der Waals surface area contributed by atoms with Crippen LogP contribution in [0.2, 0.25) is 0 Å². The van der Waals surface area contributed by atoms with Crippen molar-refractivity contribution in [1.29, 1.82) is 0 Å². The number of carbonyl (C=O) groups is 2. The summed E-state index contributed by atoms with van der Waals surface area (Å²) in [7, 11) is 1.25. The highest BCUT2D eigenvalue weighted by molar-refractivity contribution is 6.11. The third-order valence-corrected chi connectivity index (χ3v) is 4.71. The normalized spacial score (nSPS) is 19.6. The molecule has 2 atom stereocenters. The van der Waals surface area contributed by atoms with E-state index in [0.29, 0.717) is 40.7 Å². The first-order chi connectivity index (χ1) is 13.6. The van der Waals surface area contributed by atoms with Crippen molar-refractivity contribution in [1.82, 2.24) is 0 Å². The van der Waals surface area contributed by atoms with Gasteiger partial charge in [0.15, 0.2) is 23.2 Å². The third kappa shape index (κ3) is 3.13. The van der Waals surface area contributed by atoms with Crippen molar-refractivity contribution in [3.8, 4) is 23.0 Å². The second kappa shape index (κ2) is 7.42. The molecular weight excluding hydrogens is 364 g/mol. The number of hydrogen-bond acceptors (Lipinski definition) is 7. The molecule has 2 aromatic carbocycles. The van der Waals surface area contributed by atoms with Crippen LogP contribution in [-0.2, 0) is 9.53 Å². The maximum Gasteiger partial charge on any atom is 0.320 e. The quantitative estimate of drug-likeness (QED) is 0.578. The first-order valence-corrected chi connectivity index (χ1v) is 9.07. The van der Waals surface area contributed by atoms with E-state index in [9.17, 15) is 9.59 Å². The van der Waals surface area contributed by atoms with Gasteiger partial charge in [0, 0.05) is 6.07 Å². The molecule has 0 radical (unpaired) electrons. The fraction of sp³-hybridized carbons (Fsp3) is 0.333. The summed E-state index contributed by atoms with van der Waals surface area (Å²) in [4.78, 5) is 25.5. The maximum absolute atomic E-state index is 13.1. The van der Waals surface area contributed by atoms with Crippen molar-refractivity contribution < 1.29 is 33.3 Å². The van der Waals surface area contributed by atoms with E-state index in [-0.39, 0.29) is 12.6 Å². The minimum Gasteiger partial charge on any atom is -0.493 e. The van der Waals surface area contributed by atoms with E-state index in [0.717, 1.165) is 6.42 Å². The Balaban J connectivity index is 1.74. The molecule has 0 amide bonds. The van der Waals surface area contributed by atoms with Gasteiger partial charge in [0.25, 0.3) is 0 Å². The van der Waals surface area contributed by atoms with Gasteiger partial charge in [0.2, 0.25) is 6.79 Å². The van der Waals surface area contributed by atoms with Gasteiger partial charge >= 0.3 is 5.97 Å². The van der Waals surface area contributed by atoms with Crippen molar-refractivity contribution >= 4 is 11.8 Å². The third-order valence-electron chi connectivity index (χ3n) is 4.71. The summed E-state index contributed by atoms with van der Waals surface area (Å²) in [5.74, 6) is 0.0256. The summed E-state index contributed by atoms with van der Waals surface area (Å²) in [5.41, 5.74) is 0.953. The average molecular weight is 384 g/mol. The number of ether oxygens (including phenoxy) is 5. The molecule has 0 bridgehead atoms. The molecule has 7 heteroatoms. The first kappa shape index (κ1) is 18.2. The van der Waals surface area contributed by atoms with Gasteiger partial charge in [-0.2, -0.15) is 0 Å². The lowest BCUT2D eigenvalue weighted by Gasteiger charge is -2.31. The van der Waals surface area contributed by atoms with Crippen LogP contribution in [0.15, 0.2) is 36.4 Å². The van der Waals surface area contributed by atoms with Gasteiger partial charge in [-0.3, -0.25) is 9.59 Å². The van der Waals surface area contributed by atoms with Crippen LogP contribution in [-0.4, -0.2) is 32.3 Å². The van der Waals surface area contributed by atoms with Crippen LogP contribution in [0.4, 0.5) is 0 Å². The molecule has 0 saturated heterocycles. The number of esters is 1. The molecule has 4 rings (SSSR count). The van der Waals surface area contributed by atoms with Crippen LogP contribution < -0.4 is 18.9 Å². The van der Waals surface area contributed by atoms with E-state index in [1.54, 1.807) is 36.4 Å². The topological polar surface area (TPSA) is 80.3 Å². The molecule has 0 aliphatic carbocycles. The smallest absolute Gasteiger partial charge is 0.320 e. The van der Waals surface area contributed by atoms with Gasteiger partial charge in [-0.25, -0.2) is 0 Å². The highest BCUT2D eigenvalue weighted by Gasteiger charge is 2.44. The van der Waals surface area contributed by atoms with E-state index in [2.05, 4.69) is 0 Å². The fourth-order valence-corrected chi connectivity index (χ4v) is 3.33. The van der Waals surface area contributed by atoms with Gasteiger partial charge in [-0.05, 0) is 36.2 Å². The Morgan fingerprint density at radius 1 is 1.11 bits per heavy atom. The highest BCUT2D eigenvalue weighted by atomic mass is 16.7. The average Bonchev–Trinajstić information content (AvgIpc) is 3.19. The highest BCUT2D eigenvalue weighted by Crippen LogP contribution is 2.43. The predicted molar refractivity (Wildman–Crippen MR) is 98.0 cm³/mol. The van der Waals surface area contributed by atoms with Crippen LogP contribution in [0.1, 0.15) is 35.4 Å². The summed E-state index contributed by atoms with van der Waals surface area (Å²) >= 11 is 0. The van der Waals surface area contributed by atoms with E-state index >= 15 is 0 Å². The molecular formula is C21H20O7. The molecule has 28 heavy (non-hydrogen) atoms. The Bertz CT molecular complexity index is 921. The van der Waals surface area contributed by atoms with E-state index < -0.39 is 18.0 Å². The van der Waals surface area contributed by atoms with Crippen molar-refractivity contribution in [3.63, 3.8) is 0 Å². The second-order valence-electron chi connectivity index (χ2n) is 6.52. The maximum atomic E-state index is 13.1. The molecule has 0 unspecified atom stereocenters. The van der Waals surface area contributed by atoms with Gasteiger partial charge in [-0.1, -0.05) is 13.0 Å². The number of rotatable bonds is 5. The van der Waals surface area contributed by atoms with Gasteiger partial charge < -0.3 is 23.7 Å². The molecule has 2 aliphatic rings. The van der Waals surface area contributed by atoms with Crippen LogP contribution in [0.25, 0.3) is 0 Å². The Labute approximate surface area is 162 Å². The molecule has 2 aromatic rings. The summed E-state index contributed by atoms with van der Waals surface area (Å²) in [6.45, 7) is 2.70. The number of methoxy groups -OCH3 is 1. The molecule has 2 aliphatic heterocycles. The zero-order valence-corrected chi connectivity index (χ0v) is 15.6. The van der Waals surface area contributed by atoms with Gasteiger partial charge in [0.05, 0.1) is 19.3 Å². The van der Waals surface area contributed by atoms with E-state index in [4.69, 9.17) is 23.7 Å². The number of hydrogen-bond donors (Lipinski definition) is 0. The predicted octanol–water partition coefficient (Wildman–Crippen LogP) is 3.31. The summed E-state index contributed by atoms with van der Waals surface area (Å²) in [6, 6.07) is 10.2. The zero-order chi connectivity index (χ0) is 19.7. The molecule has 146 valence electrons. The standard InChI is InChI=1S/C21H20O7/c1-3-8-25-13-5-6-14-16(10-13)28-20(18(19(14)22)21(23)24-2)12-4-7-15-17(9-12)27-11-26-15/h4-7,9-10,18,20H,3,8,11H2,1-2H3/t18-,20+/m0/s1. The summed E-state index contributed by atoms with van der Waals surface area (Å²) < 4.78 is 27.4. The molecule has 0 fully saturated rings. The van der Waals surface area contributed by atoms with E-state index in [1.807, 2.05) is 6.92 Å². The monoisotopic (exact) mass is 384 g/mol. The Morgan fingerprint density at radius 2 is 1.93 bits per heavy atom. The van der Waals surface area contributed by atoms with Crippen molar-refractivity contribution in [2.24, 2.45) is 5.92 Å². The molecule has 2 heterocycles.